The van der Waals surface area contributed by atoms with E-state index >= 15 is 0 Å². The first-order valence-electron chi connectivity index (χ1n) is 9.03. The number of fused-ring (bicyclic) bond motifs is 1. The van der Waals surface area contributed by atoms with E-state index in [0.717, 1.165) is 12.1 Å². The van der Waals surface area contributed by atoms with E-state index in [9.17, 15) is 23.1 Å². The van der Waals surface area contributed by atoms with Gasteiger partial charge in [0, 0.05) is 5.69 Å². The molecule has 0 amide bonds. The SMILES string of the molecule is O=c1c2cc(C(F)(F)F)ccc2nc(Nc2ccc(CO)cc2)n1-c1ccccc1. The molecule has 30 heavy (non-hydrogen) atoms. The highest BCUT2D eigenvalue weighted by Gasteiger charge is 2.31. The van der Waals surface area contributed by atoms with E-state index in [0.29, 0.717) is 16.9 Å². The van der Waals surface area contributed by atoms with Crippen LogP contribution in [0.4, 0.5) is 24.8 Å². The van der Waals surface area contributed by atoms with Crippen LogP contribution in [0, 0.1) is 0 Å². The minimum atomic E-state index is -4.57. The number of hydrogen-bond donors (Lipinski definition) is 2. The van der Waals surface area contributed by atoms with E-state index in [4.69, 9.17) is 0 Å². The standard InChI is InChI=1S/C22H16F3N3O2/c23-22(24,25)15-8-11-19-18(12-15)20(30)28(17-4-2-1-3-5-17)21(27-19)26-16-9-6-14(13-29)7-10-16/h1-12,29H,13H2,(H,26,27). The Hall–Kier alpha value is -3.65. The monoisotopic (exact) mass is 411 g/mol. The zero-order valence-electron chi connectivity index (χ0n) is 15.5. The molecule has 0 atom stereocenters. The summed E-state index contributed by atoms with van der Waals surface area (Å²) in [5, 5.41) is 12.1. The van der Waals surface area contributed by atoms with Gasteiger partial charge >= 0.3 is 6.18 Å². The van der Waals surface area contributed by atoms with Gasteiger partial charge in [-0.15, -0.1) is 0 Å². The lowest BCUT2D eigenvalue weighted by molar-refractivity contribution is -0.137. The van der Waals surface area contributed by atoms with Gasteiger partial charge in [0.2, 0.25) is 5.95 Å². The van der Waals surface area contributed by atoms with Gasteiger partial charge in [0.1, 0.15) is 0 Å². The van der Waals surface area contributed by atoms with E-state index in [1.807, 2.05) is 0 Å². The highest BCUT2D eigenvalue weighted by atomic mass is 19.4. The number of aromatic nitrogens is 2. The number of halogens is 3. The highest BCUT2D eigenvalue weighted by molar-refractivity contribution is 5.81. The van der Waals surface area contributed by atoms with Crippen molar-refractivity contribution in [1.82, 2.24) is 9.55 Å². The van der Waals surface area contributed by atoms with Gasteiger partial charge in [-0.2, -0.15) is 13.2 Å². The summed E-state index contributed by atoms with van der Waals surface area (Å²) in [4.78, 5) is 17.6. The summed E-state index contributed by atoms with van der Waals surface area (Å²) in [5.74, 6) is 0.162. The van der Waals surface area contributed by atoms with Crippen LogP contribution in [0.25, 0.3) is 16.6 Å². The van der Waals surface area contributed by atoms with Crippen LogP contribution in [0.2, 0.25) is 0 Å². The first-order valence-corrected chi connectivity index (χ1v) is 9.03. The van der Waals surface area contributed by atoms with E-state index in [1.54, 1.807) is 54.6 Å². The maximum atomic E-state index is 13.2. The summed E-state index contributed by atoms with van der Waals surface area (Å²) in [5.41, 5.74) is 0.404. The highest BCUT2D eigenvalue weighted by Crippen LogP contribution is 2.31. The molecule has 1 aromatic heterocycles. The third-order valence-electron chi connectivity index (χ3n) is 4.60. The molecule has 8 heteroatoms. The molecule has 0 bridgehead atoms. The van der Waals surface area contributed by atoms with Crippen LogP contribution in [-0.2, 0) is 12.8 Å². The second-order valence-electron chi connectivity index (χ2n) is 6.62. The number of nitrogens with one attached hydrogen (secondary N) is 1. The molecule has 4 aromatic rings. The van der Waals surface area contributed by atoms with E-state index in [1.165, 1.54) is 10.6 Å². The van der Waals surface area contributed by atoms with Crippen molar-refractivity contribution in [3.63, 3.8) is 0 Å². The molecule has 0 aliphatic heterocycles. The molecule has 0 aliphatic rings. The van der Waals surface area contributed by atoms with Crippen LogP contribution in [-0.4, -0.2) is 14.7 Å². The number of rotatable bonds is 4. The fourth-order valence-electron chi connectivity index (χ4n) is 3.08. The zero-order chi connectivity index (χ0) is 21.3. The van der Waals surface area contributed by atoms with Crippen molar-refractivity contribution in [2.75, 3.05) is 5.32 Å². The summed E-state index contributed by atoms with van der Waals surface area (Å²) >= 11 is 0. The third kappa shape index (κ3) is 3.77. The van der Waals surface area contributed by atoms with Gasteiger partial charge in [0.05, 0.1) is 28.8 Å². The van der Waals surface area contributed by atoms with Crippen LogP contribution >= 0.6 is 0 Å². The van der Waals surface area contributed by atoms with Crippen molar-refractivity contribution in [3.05, 3.63) is 94.3 Å². The predicted molar refractivity (Wildman–Crippen MR) is 108 cm³/mol. The van der Waals surface area contributed by atoms with Gasteiger partial charge in [-0.1, -0.05) is 30.3 Å². The van der Waals surface area contributed by atoms with Gasteiger partial charge in [-0.3, -0.25) is 4.79 Å². The van der Waals surface area contributed by atoms with E-state index in [2.05, 4.69) is 10.3 Å². The van der Waals surface area contributed by atoms with Crippen LogP contribution in [0.5, 0.6) is 0 Å². The van der Waals surface area contributed by atoms with Crippen molar-refractivity contribution >= 4 is 22.5 Å². The number of hydrogen-bond acceptors (Lipinski definition) is 4. The van der Waals surface area contributed by atoms with Crippen LogP contribution in [0.1, 0.15) is 11.1 Å². The second kappa shape index (κ2) is 7.64. The number of aliphatic hydroxyl groups excluding tert-OH is 1. The Kier molecular flexibility index (Phi) is 5.01. The molecular formula is C22H16F3N3O2. The average molecular weight is 411 g/mol. The number of alkyl halides is 3. The zero-order valence-corrected chi connectivity index (χ0v) is 15.5. The first kappa shape index (κ1) is 19.7. The lowest BCUT2D eigenvalue weighted by Crippen LogP contribution is -2.23. The van der Waals surface area contributed by atoms with E-state index < -0.39 is 17.3 Å². The van der Waals surface area contributed by atoms with Gasteiger partial charge in [-0.05, 0) is 48.0 Å². The number of benzene rings is 3. The quantitative estimate of drug-likeness (QED) is 0.514. The van der Waals surface area contributed by atoms with Crippen molar-refractivity contribution < 1.29 is 18.3 Å². The molecule has 152 valence electrons. The van der Waals surface area contributed by atoms with Crippen molar-refractivity contribution in [2.24, 2.45) is 0 Å². The molecule has 0 unspecified atom stereocenters. The molecule has 0 spiro atoms. The summed E-state index contributed by atoms with van der Waals surface area (Å²) in [7, 11) is 0. The number of anilines is 2. The number of aliphatic hydroxyl groups is 1. The van der Waals surface area contributed by atoms with Crippen molar-refractivity contribution in [2.45, 2.75) is 12.8 Å². The Balaban J connectivity index is 1.92. The van der Waals surface area contributed by atoms with Gasteiger partial charge in [0.25, 0.3) is 5.56 Å². The molecule has 5 nitrogen and oxygen atoms in total. The maximum Gasteiger partial charge on any atom is 0.416 e. The molecule has 4 rings (SSSR count). The maximum absolute atomic E-state index is 13.2. The Morgan fingerprint density at radius 2 is 1.67 bits per heavy atom. The van der Waals surface area contributed by atoms with Gasteiger partial charge in [-0.25, -0.2) is 9.55 Å². The summed E-state index contributed by atoms with van der Waals surface area (Å²) in [6, 6.07) is 18.3. The fraction of sp³-hybridized carbons (Fsp3) is 0.0909. The Morgan fingerprint density at radius 1 is 0.967 bits per heavy atom. The first-order chi connectivity index (χ1) is 14.4. The molecule has 0 saturated carbocycles. The molecule has 2 N–H and O–H groups in total. The number of nitrogens with zero attached hydrogens (tertiary/aromatic N) is 2. The molecule has 1 heterocycles. The van der Waals surface area contributed by atoms with Crippen molar-refractivity contribution in [3.8, 4) is 5.69 Å². The minimum Gasteiger partial charge on any atom is -0.392 e. The van der Waals surface area contributed by atoms with Gasteiger partial charge in [0.15, 0.2) is 0 Å². The topological polar surface area (TPSA) is 67.2 Å². The lowest BCUT2D eigenvalue weighted by Gasteiger charge is -2.16. The molecule has 3 aromatic carbocycles. The molecule has 0 saturated heterocycles. The normalized spacial score (nSPS) is 11.6. The van der Waals surface area contributed by atoms with Crippen molar-refractivity contribution in [1.29, 1.82) is 0 Å². The van der Waals surface area contributed by atoms with Gasteiger partial charge < -0.3 is 10.4 Å². The average Bonchev–Trinajstić information content (AvgIpc) is 2.74. The summed E-state index contributed by atoms with van der Waals surface area (Å²) in [6.45, 7) is -0.106. The molecule has 0 fully saturated rings. The Morgan fingerprint density at radius 3 is 2.30 bits per heavy atom. The Labute approximate surface area is 169 Å². The van der Waals surface area contributed by atoms with Crippen LogP contribution in [0.3, 0.4) is 0 Å². The minimum absolute atomic E-state index is 0.106. The third-order valence-corrected chi connectivity index (χ3v) is 4.60. The Bertz CT molecular complexity index is 1250. The second-order valence-corrected chi connectivity index (χ2v) is 6.62. The summed E-state index contributed by atoms with van der Waals surface area (Å²) < 4.78 is 40.7. The predicted octanol–water partition coefficient (Wildman–Crippen LogP) is 4.64. The smallest absolute Gasteiger partial charge is 0.392 e. The fourth-order valence-corrected chi connectivity index (χ4v) is 3.08. The van der Waals surface area contributed by atoms with Crippen LogP contribution in [0.15, 0.2) is 77.6 Å². The summed E-state index contributed by atoms with van der Waals surface area (Å²) in [6.07, 6.45) is -4.57. The number of para-hydroxylation sites is 1. The molecule has 0 radical (unpaired) electrons. The largest absolute Gasteiger partial charge is 0.416 e. The lowest BCUT2D eigenvalue weighted by atomic mass is 10.1. The molecular weight excluding hydrogens is 395 g/mol. The van der Waals surface area contributed by atoms with E-state index in [-0.39, 0.29) is 23.5 Å². The molecule has 0 aliphatic carbocycles. The van der Waals surface area contributed by atoms with Crippen LogP contribution < -0.4 is 10.9 Å².